The Bertz CT molecular complexity index is 609. The minimum atomic E-state index is -4.64. The fourth-order valence-electron chi connectivity index (χ4n) is 3.77. The van der Waals surface area contributed by atoms with Crippen LogP contribution in [0.5, 0.6) is 0 Å². The molecule has 0 spiro atoms. The van der Waals surface area contributed by atoms with Gasteiger partial charge in [-0.15, -0.1) is 0 Å². The highest BCUT2D eigenvalue weighted by Gasteiger charge is 2.33. The summed E-state index contributed by atoms with van der Waals surface area (Å²) in [5.74, 6) is 0. The molecule has 3 N–H and O–H groups in total. The lowest BCUT2D eigenvalue weighted by Gasteiger charge is -2.37. The highest BCUT2D eigenvalue weighted by atomic mass is 31.2. The summed E-state index contributed by atoms with van der Waals surface area (Å²) in [6.45, 7) is 0. The van der Waals surface area contributed by atoms with Crippen molar-refractivity contribution < 1.29 is 19.2 Å². The van der Waals surface area contributed by atoms with Crippen LogP contribution in [0.15, 0.2) is 60.7 Å². The topological polar surface area (TPSA) is 77.8 Å². The quantitative estimate of drug-likeness (QED) is 0.671. The number of rotatable bonds is 2. The normalized spacial score (nSPS) is 17.6. The molecule has 1 aliphatic rings. The van der Waals surface area contributed by atoms with Gasteiger partial charge in [0.15, 0.2) is 0 Å². The van der Waals surface area contributed by atoms with E-state index < -0.39 is 7.82 Å². The van der Waals surface area contributed by atoms with E-state index in [0.717, 1.165) is 0 Å². The molecule has 0 saturated heterocycles. The van der Waals surface area contributed by atoms with Crippen molar-refractivity contribution >= 4 is 7.82 Å². The molecule has 0 aliphatic heterocycles. The molecule has 1 fully saturated rings. The number of hydrogen-bond acceptors (Lipinski definition) is 1. The van der Waals surface area contributed by atoms with Gasteiger partial charge in [-0.05, 0) is 24.0 Å². The minimum absolute atomic E-state index is 0.239. The Morgan fingerprint density at radius 2 is 0.960 bits per heavy atom. The molecule has 2 aromatic rings. The second-order valence-corrected chi connectivity index (χ2v) is 7.62. The van der Waals surface area contributed by atoms with Crippen molar-refractivity contribution in [2.24, 2.45) is 0 Å². The zero-order valence-electron chi connectivity index (χ0n) is 14.4. The summed E-state index contributed by atoms with van der Waals surface area (Å²) in [4.78, 5) is 21.6. The van der Waals surface area contributed by atoms with E-state index in [9.17, 15) is 0 Å². The Morgan fingerprint density at radius 1 is 0.640 bits per heavy atom. The van der Waals surface area contributed by atoms with Crippen molar-refractivity contribution in [2.45, 2.75) is 50.4 Å². The summed E-state index contributed by atoms with van der Waals surface area (Å²) >= 11 is 0. The van der Waals surface area contributed by atoms with E-state index in [-0.39, 0.29) is 5.41 Å². The minimum Gasteiger partial charge on any atom is -0.303 e. The van der Waals surface area contributed by atoms with Gasteiger partial charge in [0.1, 0.15) is 0 Å². The van der Waals surface area contributed by atoms with Crippen LogP contribution in [0.2, 0.25) is 0 Å². The van der Waals surface area contributed by atoms with Crippen LogP contribution >= 0.6 is 7.82 Å². The molecule has 25 heavy (non-hydrogen) atoms. The summed E-state index contributed by atoms with van der Waals surface area (Å²) in [5, 5.41) is 0. The van der Waals surface area contributed by atoms with Gasteiger partial charge >= 0.3 is 7.82 Å². The molecular formula is C20H27O4P. The van der Waals surface area contributed by atoms with E-state index in [2.05, 4.69) is 60.7 Å². The lowest BCUT2D eigenvalue weighted by Crippen LogP contribution is -2.28. The average molecular weight is 362 g/mol. The molecule has 3 rings (SSSR count). The van der Waals surface area contributed by atoms with Gasteiger partial charge in [-0.3, -0.25) is 0 Å². The Hall–Kier alpha value is -1.45. The lowest BCUT2D eigenvalue weighted by atomic mass is 9.67. The van der Waals surface area contributed by atoms with E-state index in [1.165, 1.54) is 56.1 Å². The summed E-state index contributed by atoms with van der Waals surface area (Å²) in [5.41, 5.74) is 3.25. The molecule has 1 aliphatic carbocycles. The van der Waals surface area contributed by atoms with Gasteiger partial charge in [0.25, 0.3) is 0 Å². The van der Waals surface area contributed by atoms with Crippen molar-refractivity contribution in [1.82, 2.24) is 0 Å². The molecule has 5 heteroatoms. The first-order valence-corrected chi connectivity index (χ1v) is 10.4. The summed E-state index contributed by atoms with van der Waals surface area (Å²) in [7, 11) is -4.64. The zero-order chi connectivity index (χ0) is 18.2. The van der Waals surface area contributed by atoms with Crippen molar-refractivity contribution in [2.75, 3.05) is 0 Å². The van der Waals surface area contributed by atoms with Crippen LogP contribution < -0.4 is 0 Å². The van der Waals surface area contributed by atoms with Crippen LogP contribution in [0.3, 0.4) is 0 Å². The van der Waals surface area contributed by atoms with Gasteiger partial charge in [-0.1, -0.05) is 92.8 Å². The molecule has 136 valence electrons. The smallest absolute Gasteiger partial charge is 0.303 e. The van der Waals surface area contributed by atoms with Crippen molar-refractivity contribution in [3.8, 4) is 0 Å². The predicted octanol–water partition coefficient (Wildman–Crippen LogP) is 4.79. The third kappa shape index (κ3) is 6.41. The first-order valence-electron chi connectivity index (χ1n) is 8.81. The van der Waals surface area contributed by atoms with E-state index >= 15 is 0 Å². The Morgan fingerprint density at radius 3 is 1.32 bits per heavy atom. The fourth-order valence-corrected chi connectivity index (χ4v) is 3.77. The molecule has 0 bridgehead atoms. The van der Waals surface area contributed by atoms with Crippen molar-refractivity contribution in [3.63, 3.8) is 0 Å². The lowest BCUT2D eigenvalue weighted by molar-refractivity contribution is 0.275. The SMILES string of the molecule is O=P(O)(O)O.c1ccc(C2(c3ccccc3)CCCCCCC2)cc1. The molecule has 0 atom stereocenters. The maximum atomic E-state index is 8.88. The largest absolute Gasteiger partial charge is 0.466 e. The molecular weight excluding hydrogens is 335 g/mol. The predicted molar refractivity (Wildman–Crippen MR) is 100 cm³/mol. The molecule has 2 aromatic carbocycles. The standard InChI is InChI=1S/C20H24.H3O4P/c1-2-10-16-20(17-11-3-1,18-12-6-4-7-13-18)19-14-8-5-9-15-19;1-5(2,3)4/h4-9,12-15H,1-3,10-11,16-17H2;(H3,1,2,3,4). The summed E-state index contributed by atoms with van der Waals surface area (Å²) in [6, 6.07) is 22.3. The van der Waals surface area contributed by atoms with Gasteiger partial charge in [0, 0.05) is 5.41 Å². The second kappa shape index (κ2) is 9.30. The van der Waals surface area contributed by atoms with Gasteiger partial charge in [-0.2, -0.15) is 0 Å². The molecule has 4 nitrogen and oxygen atoms in total. The van der Waals surface area contributed by atoms with E-state index in [1.807, 2.05) is 0 Å². The van der Waals surface area contributed by atoms with Crippen molar-refractivity contribution in [1.29, 1.82) is 0 Å². The molecule has 0 radical (unpaired) electrons. The Labute approximate surface area is 149 Å². The van der Waals surface area contributed by atoms with Gasteiger partial charge < -0.3 is 14.7 Å². The van der Waals surface area contributed by atoms with Crippen LogP contribution in [-0.4, -0.2) is 14.7 Å². The maximum absolute atomic E-state index is 8.88. The highest BCUT2D eigenvalue weighted by molar-refractivity contribution is 7.45. The number of phosphoric acid groups is 1. The molecule has 1 saturated carbocycles. The first kappa shape index (κ1) is 19.9. The number of benzene rings is 2. The van der Waals surface area contributed by atoms with Crippen LogP contribution in [0.4, 0.5) is 0 Å². The Kier molecular flexibility index (Phi) is 7.39. The number of hydrogen-bond donors (Lipinski definition) is 3. The van der Waals surface area contributed by atoms with Gasteiger partial charge in [0.2, 0.25) is 0 Å². The average Bonchev–Trinajstić information content (AvgIpc) is 2.55. The van der Waals surface area contributed by atoms with Crippen LogP contribution in [0, 0.1) is 0 Å². The third-order valence-electron chi connectivity index (χ3n) is 4.86. The van der Waals surface area contributed by atoms with E-state index in [0.29, 0.717) is 0 Å². The summed E-state index contributed by atoms with van der Waals surface area (Å²) in [6.07, 6.45) is 9.48. The van der Waals surface area contributed by atoms with Crippen molar-refractivity contribution in [3.05, 3.63) is 71.8 Å². The first-order chi connectivity index (χ1) is 11.9. The van der Waals surface area contributed by atoms with Gasteiger partial charge in [-0.25, -0.2) is 4.57 Å². The van der Waals surface area contributed by atoms with E-state index in [4.69, 9.17) is 19.2 Å². The highest BCUT2D eigenvalue weighted by Crippen LogP contribution is 2.43. The van der Waals surface area contributed by atoms with Crippen LogP contribution in [0.1, 0.15) is 56.1 Å². The fraction of sp³-hybridized carbons (Fsp3) is 0.400. The van der Waals surface area contributed by atoms with Gasteiger partial charge in [0.05, 0.1) is 0 Å². The van der Waals surface area contributed by atoms with Crippen LogP contribution in [0.25, 0.3) is 0 Å². The molecule has 0 unspecified atom stereocenters. The maximum Gasteiger partial charge on any atom is 0.466 e. The monoisotopic (exact) mass is 362 g/mol. The molecule has 0 aromatic heterocycles. The van der Waals surface area contributed by atoms with Crippen LogP contribution in [-0.2, 0) is 9.98 Å². The summed E-state index contributed by atoms with van der Waals surface area (Å²) < 4.78 is 8.88. The zero-order valence-corrected chi connectivity index (χ0v) is 15.3. The van der Waals surface area contributed by atoms with E-state index in [1.54, 1.807) is 0 Å². The second-order valence-electron chi connectivity index (χ2n) is 6.60. The Balaban J connectivity index is 0.000000399. The third-order valence-corrected chi connectivity index (χ3v) is 4.86. The molecule has 0 amide bonds. The molecule has 0 heterocycles.